The lowest BCUT2D eigenvalue weighted by Gasteiger charge is -2.23. The zero-order valence-corrected chi connectivity index (χ0v) is 20.3. The molecule has 0 spiro atoms. The second kappa shape index (κ2) is 14.9. The number of halogens is 2. The van der Waals surface area contributed by atoms with E-state index in [0.29, 0.717) is 32.4 Å². The summed E-state index contributed by atoms with van der Waals surface area (Å²) in [6.07, 6.45) is 0.398. The summed E-state index contributed by atoms with van der Waals surface area (Å²) in [6, 6.07) is 11.1. The highest BCUT2D eigenvalue weighted by atomic mass is 19.1. The minimum atomic E-state index is -1.12. The van der Waals surface area contributed by atoms with Gasteiger partial charge in [0.2, 0.25) is 5.91 Å². The highest BCUT2D eigenvalue weighted by molar-refractivity contribution is 5.84. The Morgan fingerprint density at radius 1 is 0.944 bits per heavy atom. The van der Waals surface area contributed by atoms with Gasteiger partial charge in [0.25, 0.3) is 5.91 Å². The molecule has 10 heteroatoms. The molecule has 0 aliphatic rings. The van der Waals surface area contributed by atoms with E-state index in [2.05, 4.69) is 10.6 Å². The van der Waals surface area contributed by atoms with Gasteiger partial charge in [0.1, 0.15) is 11.6 Å². The molecule has 196 valence electrons. The zero-order chi connectivity index (χ0) is 26.5. The van der Waals surface area contributed by atoms with Crippen LogP contribution < -0.4 is 22.1 Å². The average molecular weight is 505 g/mol. The number of ether oxygens (including phenoxy) is 1. The van der Waals surface area contributed by atoms with Gasteiger partial charge >= 0.3 is 5.97 Å². The van der Waals surface area contributed by atoms with Crippen LogP contribution in [-0.4, -0.2) is 49.1 Å². The van der Waals surface area contributed by atoms with Crippen molar-refractivity contribution in [3.05, 3.63) is 71.3 Å². The Labute approximate surface area is 209 Å². The van der Waals surface area contributed by atoms with E-state index in [1.165, 1.54) is 6.92 Å². The lowest BCUT2D eigenvalue weighted by Crippen LogP contribution is -2.50. The molecule has 0 bridgehead atoms. The van der Waals surface area contributed by atoms with Gasteiger partial charge in [0, 0.05) is 32.5 Å². The molecule has 36 heavy (non-hydrogen) atoms. The SMILES string of the molecule is CC(=O)OC(C(=O)NCCCCNC(=O)CC(N)Cc1cc(F)ccc1F)C(N)Cc1ccccc1. The largest absolute Gasteiger partial charge is 0.451 e. The van der Waals surface area contributed by atoms with Crippen molar-refractivity contribution in [1.82, 2.24) is 10.6 Å². The van der Waals surface area contributed by atoms with E-state index in [1.54, 1.807) is 0 Å². The van der Waals surface area contributed by atoms with Crippen LogP contribution in [0.5, 0.6) is 0 Å². The third-order valence-electron chi connectivity index (χ3n) is 5.42. The Hall–Kier alpha value is -3.37. The number of rotatable bonds is 14. The van der Waals surface area contributed by atoms with Gasteiger partial charge in [-0.2, -0.15) is 0 Å². The van der Waals surface area contributed by atoms with Crippen molar-refractivity contribution in [3.8, 4) is 0 Å². The summed E-state index contributed by atoms with van der Waals surface area (Å²) in [5.74, 6) is -2.50. The van der Waals surface area contributed by atoms with Crippen LogP contribution in [0, 0.1) is 11.6 Å². The quantitative estimate of drug-likeness (QED) is 0.229. The summed E-state index contributed by atoms with van der Waals surface area (Å²) < 4.78 is 32.1. The molecule has 2 aromatic rings. The van der Waals surface area contributed by atoms with Crippen molar-refractivity contribution in [3.63, 3.8) is 0 Å². The fourth-order valence-electron chi connectivity index (χ4n) is 3.66. The molecule has 0 aliphatic carbocycles. The first kappa shape index (κ1) is 28.9. The second-order valence-corrected chi connectivity index (χ2v) is 8.64. The fraction of sp³-hybridized carbons (Fsp3) is 0.423. The summed E-state index contributed by atoms with van der Waals surface area (Å²) >= 11 is 0. The zero-order valence-electron chi connectivity index (χ0n) is 20.3. The number of amides is 2. The molecule has 0 fully saturated rings. The van der Waals surface area contributed by atoms with Crippen molar-refractivity contribution in [1.29, 1.82) is 0 Å². The highest BCUT2D eigenvalue weighted by Crippen LogP contribution is 2.12. The maximum atomic E-state index is 13.7. The minimum Gasteiger partial charge on any atom is -0.451 e. The van der Waals surface area contributed by atoms with E-state index in [0.717, 1.165) is 23.8 Å². The summed E-state index contributed by atoms with van der Waals surface area (Å²) in [4.78, 5) is 36.1. The first-order valence-electron chi connectivity index (χ1n) is 11.9. The third-order valence-corrected chi connectivity index (χ3v) is 5.42. The van der Waals surface area contributed by atoms with Gasteiger partial charge in [-0.05, 0) is 55.0 Å². The fourth-order valence-corrected chi connectivity index (χ4v) is 3.66. The molecule has 2 amide bonds. The topological polar surface area (TPSA) is 137 Å². The predicted molar refractivity (Wildman–Crippen MR) is 132 cm³/mol. The number of hydrogen-bond acceptors (Lipinski definition) is 6. The molecule has 0 saturated heterocycles. The lowest BCUT2D eigenvalue weighted by atomic mass is 10.0. The van der Waals surface area contributed by atoms with E-state index in [-0.39, 0.29) is 24.3 Å². The van der Waals surface area contributed by atoms with Gasteiger partial charge in [-0.15, -0.1) is 0 Å². The van der Waals surface area contributed by atoms with Gasteiger partial charge in [-0.3, -0.25) is 14.4 Å². The first-order valence-corrected chi connectivity index (χ1v) is 11.9. The molecule has 0 heterocycles. The molecule has 0 saturated carbocycles. The maximum Gasteiger partial charge on any atom is 0.303 e. The molecule has 2 aromatic carbocycles. The number of benzene rings is 2. The minimum absolute atomic E-state index is 0.0317. The van der Waals surface area contributed by atoms with E-state index in [4.69, 9.17) is 16.2 Å². The van der Waals surface area contributed by atoms with E-state index in [9.17, 15) is 23.2 Å². The third kappa shape index (κ3) is 10.5. The van der Waals surface area contributed by atoms with Gasteiger partial charge in [-0.25, -0.2) is 8.78 Å². The maximum absolute atomic E-state index is 13.7. The van der Waals surface area contributed by atoms with Crippen molar-refractivity contribution in [2.24, 2.45) is 11.5 Å². The molecule has 2 rings (SSSR count). The molecular formula is C26H34F2N4O4. The van der Waals surface area contributed by atoms with E-state index < -0.39 is 41.7 Å². The van der Waals surface area contributed by atoms with Crippen LogP contribution in [0.4, 0.5) is 8.78 Å². The van der Waals surface area contributed by atoms with Gasteiger partial charge in [-0.1, -0.05) is 30.3 Å². The summed E-state index contributed by atoms with van der Waals surface area (Å²) in [5, 5.41) is 5.44. The summed E-state index contributed by atoms with van der Waals surface area (Å²) in [6.45, 7) is 1.89. The molecular weight excluding hydrogens is 470 g/mol. The normalized spacial score (nSPS) is 13.4. The molecule has 0 radical (unpaired) electrons. The standard InChI is InChI=1S/C26H34F2N4O4/c1-17(33)36-25(23(30)13-18-7-3-2-4-8-18)26(35)32-12-6-5-11-31-24(34)16-21(29)15-19-14-20(27)9-10-22(19)28/h2-4,7-10,14,21,23,25H,5-6,11-13,15-16,29-30H2,1H3,(H,31,34)(H,32,35). The number of esters is 1. The van der Waals surface area contributed by atoms with Crippen LogP contribution in [0.15, 0.2) is 48.5 Å². The number of nitrogens with two attached hydrogens (primary N) is 2. The monoisotopic (exact) mass is 504 g/mol. The predicted octanol–water partition coefficient (Wildman–Crippen LogP) is 1.74. The number of hydrogen-bond donors (Lipinski definition) is 4. The second-order valence-electron chi connectivity index (χ2n) is 8.64. The number of nitrogens with one attached hydrogen (secondary N) is 2. The summed E-state index contributed by atoms with van der Waals surface area (Å²) in [5.41, 5.74) is 13.1. The lowest BCUT2D eigenvalue weighted by molar-refractivity contribution is -0.155. The van der Waals surface area contributed by atoms with Crippen molar-refractivity contribution < 1.29 is 27.9 Å². The van der Waals surface area contributed by atoms with Crippen molar-refractivity contribution in [2.75, 3.05) is 13.1 Å². The van der Waals surface area contributed by atoms with Crippen LogP contribution >= 0.6 is 0 Å². The molecule has 6 N–H and O–H groups in total. The van der Waals surface area contributed by atoms with Crippen molar-refractivity contribution >= 4 is 17.8 Å². The number of carbonyl (C=O) groups is 3. The number of unbranched alkanes of at least 4 members (excludes halogenated alkanes) is 1. The van der Waals surface area contributed by atoms with Crippen molar-refractivity contribution in [2.45, 2.75) is 57.2 Å². The van der Waals surface area contributed by atoms with Gasteiger partial charge in [0.15, 0.2) is 6.10 Å². The molecule has 0 aliphatic heterocycles. The average Bonchev–Trinajstić information content (AvgIpc) is 2.82. The van der Waals surface area contributed by atoms with Gasteiger partial charge in [0.05, 0.1) is 6.04 Å². The molecule has 3 atom stereocenters. The highest BCUT2D eigenvalue weighted by Gasteiger charge is 2.28. The van der Waals surface area contributed by atoms with E-state index in [1.807, 2.05) is 30.3 Å². The Kier molecular flexibility index (Phi) is 11.9. The number of carbonyl (C=O) groups excluding carboxylic acids is 3. The van der Waals surface area contributed by atoms with Crippen LogP contribution in [0.1, 0.15) is 37.3 Å². The Balaban J connectivity index is 1.67. The Morgan fingerprint density at radius 2 is 1.61 bits per heavy atom. The van der Waals surface area contributed by atoms with E-state index >= 15 is 0 Å². The molecule has 0 aromatic heterocycles. The van der Waals surface area contributed by atoms with Crippen LogP contribution in [0.2, 0.25) is 0 Å². The molecule has 3 unspecified atom stereocenters. The van der Waals surface area contributed by atoms with Crippen LogP contribution in [0.3, 0.4) is 0 Å². The molecule has 8 nitrogen and oxygen atoms in total. The van der Waals surface area contributed by atoms with Crippen LogP contribution in [-0.2, 0) is 32.0 Å². The Bertz CT molecular complexity index is 1010. The first-order chi connectivity index (χ1) is 17.2. The smallest absolute Gasteiger partial charge is 0.303 e. The van der Waals surface area contributed by atoms with Crippen LogP contribution in [0.25, 0.3) is 0 Å². The Morgan fingerprint density at radius 3 is 2.28 bits per heavy atom. The summed E-state index contributed by atoms with van der Waals surface area (Å²) in [7, 11) is 0. The van der Waals surface area contributed by atoms with Gasteiger partial charge < -0.3 is 26.8 Å².